The van der Waals surface area contributed by atoms with Gasteiger partial charge in [0.2, 0.25) is 0 Å². The number of phenols is 1. The van der Waals surface area contributed by atoms with Crippen LogP contribution in [0.4, 0.5) is 0 Å². The monoisotopic (exact) mass is 275 g/mol. The molecule has 0 fully saturated rings. The summed E-state index contributed by atoms with van der Waals surface area (Å²) in [5.41, 5.74) is 0. The normalized spacial score (nSPS) is 9.86. The van der Waals surface area contributed by atoms with Gasteiger partial charge in [-0.1, -0.05) is 47.5 Å². The van der Waals surface area contributed by atoms with E-state index in [9.17, 15) is 5.11 Å². The number of rotatable bonds is 0. The minimum Gasteiger partial charge on any atom is -0.506 e. The van der Waals surface area contributed by atoms with Gasteiger partial charge in [-0.2, -0.15) is 0 Å². The fourth-order valence-corrected chi connectivity index (χ4v) is 1.82. The first kappa shape index (κ1) is 11.7. The minimum absolute atomic E-state index is 0. The largest absolute Gasteiger partial charge is 2.00 e. The molecule has 0 aliphatic carbocycles. The van der Waals surface area contributed by atoms with Crippen molar-refractivity contribution in [3.63, 3.8) is 0 Å². The Morgan fingerprint density at radius 3 is 2.14 bits per heavy atom. The molecule has 0 spiro atoms. The first-order valence-electron chi connectivity index (χ1n) is 3.76. The van der Waals surface area contributed by atoms with Crippen LogP contribution in [0.2, 0.25) is 10.0 Å². The van der Waals surface area contributed by atoms with E-state index >= 15 is 0 Å². The standard InChI is InChI=1S/C10H6Cl2O.Cu/c11-8-5-9(12)10(13)7-4-2-1-3-6(7)8;/h1-5,13H;/q;+2. The van der Waals surface area contributed by atoms with E-state index in [1.165, 1.54) is 0 Å². The molecule has 0 bridgehead atoms. The molecular formula is C10H6Cl2CuO+2. The molecule has 14 heavy (non-hydrogen) atoms. The second kappa shape index (κ2) is 4.41. The van der Waals surface area contributed by atoms with Crippen molar-refractivity contribution in [3.05, 3.63) is 40.4 Å². The van der Waals surface area contributed by atoms with Crippen molar-refractivity contribution in [1.29, 1.82) is 0 Å². The summed E-state index contributed by atoms with van der Waals surface area (Å²) < 4.78 is 0. The number of hydrogen-bond acceptors (Lipinski definition) is 1. The van der Waals surface area contributed by atoms with Crippen molar-refractivity contribution >= 4 is 34.0 Å². The molecule has 0 saturated heterocycles. The molecule has 0 unspecified atom stereocenters. The molecule has 0 heterocycles. The van der Waals surface area contributed by atoms with Gasteiger partial charge in [0.05, 0.1) is 10.0 Å². The van der Waals surface area contributed by atoms with Crippen molar-refractivity contribution in [3.8, 4) is 5.75 Å². The van der Waals surface area contributed by atoms with Crippen molar-refractivity contribution in [2.24, 2.45) is 0 Å². The molecule has 0 atom stereocenters. The van der Waals surface area contributed by atoms with Crippen molar-refractivity contribution in [1.82, 2.24) is 0 Å². The Morgan fingerprint density at radius 1 is 0.929 bits per heavy atom. The zero-order chi connectivity index (χ0) is 9.42. The molecule has 2 rings (SSSR count). The number of phenolic OH excluding ortho intramolecular Hbond substituents is 1. The fourth-order valence-electron chi connectivity index (χ4n) is 1.28. The van der Waals surface area contributed by atoms with Gasteiger partial charge in [-0.05, 0) is 6.07 Å². The molecule has 2 aromatic rings. The van der Waals surface area contributed by atoms with Crippen LogP contribution in [0.15, 0.2) is 30.3 Å². The van der Waals surface area contributed by atoms with E-state index in [0.29, 0.717) is 10.4 Å². The smallest absolute Gasteiger partial charge is 0.506 e. The predicted molar refractivity (Wildman–Crippen MR) is 55.6 cm³/mol. The topological polar surface area (TPSA) is 20.2 Å². The summed E-state index contributed by atoms with van der Waals surface area (Å²) in [6, 6.07) is 8.85. The maximum absolute atomic E-state index is 9.59. The van der Waals surface area contributed by atoms with Crippen molar-refractivity contribution in [2.75, 3.05) is 0 Å². The number of benzene rings is 2. The maximum Gasteiger partial charge on any atom is 2.00 e. The summed E-state index contributed by atoms with van der Waals surface area (Å²) in [7, 11) is 0. The van der Waals surface area contributed by atoms with Gasteiger partial charge >= 0.3 is 17.1 Å². The Labute approximate surface area is 102 Å². The Balaban J connectivity index is 0.000000980. The Hall–Kier alpha value is -0.401. The molecule has 0 aliphatic heterocycles. The van der Waals surface area contributed by atoms with E-state index in [1.54, 1.807) is 12.1 Å². The van der Waals surface area contributed by atoms with E-state index in [4.69, 9.17) is 23.2 Å². The molecule has 2 aromatic carbocycles. The van der Waals surface area contributed by atoms with Gasteiger partial charge in [-0.3, -0.25) is 0 Å². The van der Waals surface area contributed by atoms with Gasteiger partial charge in [0, 0.05) is 10.8 Å². The van der Waals surface area contributed by atoms with Gasteiger partial charge in [-0.15, -0.1) is 0 Å². The SMILES string of the molecule is Oc1c(Cl)cc(Cl)c2ccccc12.[Cu+2]. The summed E-state index contributed by atoms with van der Waals surface area (Å²) in [6.07, 6.45) is 0. The third-order valence-electron chi connectivity index (χ3n) is 1.92. The summed E-state index contributed by atoms with van der Waals surface area (Å²) in [6.45, 7) is 0. The molecule has 0 saturated carbocycles. The molecule has 0 aliphatic rings. The van der Waals surface area contributed by atoms with Crippen LogP contribution in [-0.4, -0.2) is 5.11 Å². The molecule has 1 nitrogen and oxygen atoms in total. The third kappa shape index (κ3) is 1.84. The molecule has 4 heteroatoms. The van der Waals surface area contributed by atoms with E-state index in [2.05, 4.69) is 0 Å². The number of aromatic hydroxyl groups is 1. The molecule has 1 radical (unpaired) electrons. The van der Waals surface area contributed by atoms with Crippen molar-refractivity contribution < 1.29 is 22.2 Å². The van der Waals surface area contributed by atoms with Crippen LogP contribution in [0.5, 0.6) is 5.75 Å². The number of hydrogen-bond donors (Lipinski definition) is 1. The maximum atomic E-state index is 9.59. The van der Waals surface area contributed by atoms with Crippen LogP contribution in [0, 0.1) is 0 Å². The minimum atomic E-state index is 0. The predicted octanol–water partition coefficient (Wildman–Crippen LogP) is 3.85. The molecule has 0 amide bonds. The Morgan fingerprint density at radius 2 is 1.50 bits per heavy atom. The Kier molecular flexibility index (Phi) is 3.68. The van der Waals surface area contributed by atoms with Crippen LogP contribution < -0.4 is 0 Å². The van der Waals surface area contributed by atoms with Gasteiger partial charge in [0.1, 0.15) is 5.75 Å². The average molecular weight is 277 g/mol. The van der Waals surface area contributed by atoms with Gasteiger partial charge in [-0.25, -0.2) is 0 Å². The molecule has 75 valence electrons. The van der Waals surface area contributed by atoms with Crippen LogP contribution in [0.25, 0.3) is 10.8 Å². The second-order valence-electron chi connectivity index (χ2n) is 2.73. The first-order chi connectivity index (χ1) is 6.20. The zero-order valence-electron chi connectivity index (χ0n) is 6.89. The first-order valence-corrected chi connectivity index (χ1v) is 4.51. The van der Waals surface area contributed by atoms with Gasteiger partial charge in [0.15, 0.2) is 0 Å². The summed E-state index contributed by atoms with van der Waals surface area (Å²) in [5, 5.41) is 11.9. The van der Waals surface area contributed by atoms with Crippen LogP contribution in [0.3, 0.4) is 0 Å². The summed E-state index contributed by atoms with van der Waals surface area (Å²) in [4.78, 5) is 0. The average Bonchev–Trinajstić information content (AvgIpc) is 2.15. The van der Waals surface area contributed by atoms with Gasteiger partial charge < -0.3 is 5.11 Å². The second-order valence-corrected chi connectivity index (χ2v) is 3.55. The molecule has 0 aromatic heterocycles. The van der Waals surface area contributed by atoms with E-state index in [0.717, 1.165) is 5.39 Å². The zero-order valence-corrected chi connectivity index (χ0v) is 9.34. The summed E-state index contributed by atoms with van der Waals surface area (Å²) in [5.74, 6) is 0.0849. The van der Waals surface area contributed by atoms with E-state index in [-0.39, 0.29) is 27.8 Å². The quantitative estimate of drug-likeness (QED) is 0.725. The van der Waals surface area contributed by atoms with Gasteiger partial charge in [0.25, 0.3) is 0 Å². The number of halogens is 2. The van der Waals surface area contributed by atoms with Crippen LogP contribution in [0.1, 0.15) is 0 Å². The Bertz CT molecular complexity index is 471. The van der Waals surface area contributed by atoms with E-state index in [1.807, 2.05) is 18.2 Å². The molecular weight excluding hydrogens is 271 g/mol. The summed E-state index contributed by atoms with van der Waals surface area (Å²) >= 11 is 11.7. The molecule has 1 N–H and O–H groups in total. The number of fused-ring (bicyclic) bond motifs is 1. The van der Waals surface area contributed by atoms with E-state index < -0.39 is 0 Å². The fraction of sp³-hybridized carbons (Fsp3) is 0. The third-order valence-corrected chi connectivity index (χ3v) is 2.52. The van der Waals surface area contributed by atoms with Crippen LogP contribution in [-0.2, 0) is 17.1 Å². The van der Waals surface area contributed by atoms with Crippen molar-refractivity contribution in [2.45, 2.75) is 0 Å². The van der Waals surface area contributed by atoms with Crippen LogP contribution >= 0.6 is 23.2 Å².